The molecule has 3 nitrogen and oxygen atoms in total. The maximum absolute atomic E-state index is 5.55. The number of methoxy groups -OCH3 is 2. The van der Waals surface area contributed by atoms with Crippen LogP contribution in [0.4, 0.5) is 0 Å². The Kier molecular flexibility index (Phi) is 5.30. The fourth-order valence-corrected chi connectivity index (χ4v) is 3.51. The van der Waals surface area contributed by atoms with E-state index in [9.17, 15) is 0 Å². The smallest absolute Gasteiger partial charge is 0.123 e. The molecule has 0 bridgehead atoms. The molecule has 1 aromatic carbocycles. The van der Waals surface area contributed by atoms with Crippen molar-refractivity contribution in [2.45, 2.75) is 38.6 Å². The number of hydrogen-bond donors (Lipinski definition) is 1. The summed E-state index contributed by atoms with van der Waals surface area (Å²) in [6, 6.07) is 6.41. The van der Waals surface area contributed by atoms with Crippen LogP contribution in [0.25, 0.3) is 0 Å². The van der Waals surface area contributed by atoms with Gasteiger partial charge in [-0.25, -0.2) is 0 Å². The van der Waals surface area contributed by atoms with E-state index in [0.29, 0.717) is 12.0 Å². The first-order valence-electron chi connectivity index (χ1n) is 7.58. The maximum atomic E-state index is 5.55. The molecule has 3 unspecified atom stereocenters. The van der Waals surface area contributed by atoms with Gasteiger partial charge in [-0.2, -0.15) is 0 Å². The summed E-state index contributed by atoms with van der Waals surface area (Å²) in [7, 11) is 5.49. The van der Waals surface area contributed by atoms with Gasteiger partial charge in [0.05, 0.1) is 14.2 Å². The van der Waals surface area contributed by atoms with Gasteiger partial charge in [0, 0.05) is 11.6 Å². The Hall–Kier alpha value is -1.22. The van der Waals surface area contributed by atoms with E-state index in [-0.39, 0.29) is 0 Å². The van der Waals surface area contributed by atoms with Crippen molar-refractivity contribution < 1.29 is 9.47 Å². The Morgan fingerprint density at radius 1 is 1.20 bits per heavy atom. The fourth-order valence-electron chi connectivity index (χ4n) is 3.51. The van der Waals surface area contributed by atoms with Crippen molar-refractivity contribution in [1.29, 1.82) is 0 Å². The van der Waals surface area contributed by atoms with E-state index in [1.165, 1.54) is 31.2 Å². The van der Waals surface area contributed by atoms with Crippen molar-refractivity contribution in [2.24, 2.45) is 11.8 Å². The zero-order valence-corrected chi connectivity index (χ0v) is 13.1. The summed E-state index contributed by atoms with van der Waals surface area (Å²) in [5.41, 5.74) is 1.22. The first kappa shape index (κ1) is 15.2. The quantitative estimate of drug-likeness (QED) is 0.888. The number of nitrogens with one attached hydrogen (secondary N) is 1. The fraction of sp³-hybridized carbons (Fsp3) is 0.647. The van der Waals surface area contributed by atoms with Crippen LogP contribution < -0.4 is 14.8 Å². The molecule has 1 N–H and O–H groups in total. The normalized spacial score (nSPS) is 24.2. The van der Waals surface area contributed by atoms with E-state index in [2.05, 4.69) is 18.3 Å². The van der Waals surface area contributed by atoms with Gasteiger partial charge in [-0.1, -0.05) is 19.8 Å². The zero-order chi connectivity index (χ0) is 14.5. The SMILES string of the molecule is CNC(c1cc(OC)ccc1OC)C1CCCC(C)C1. The van der Waals surface area contributed by atoms with Gasteiger partial charge in [-0.3, -0.25) is 0 Å². The molecule has 112 valence electrons. The third kappa shape index (κ3) is 3.26. The standard InChI is InChI=1S/C17H27NO2/c1-12-6-5-7-13(10-12)17(18-2)15-11-14(19-3)8-9-16(15)20-4/h8-9,11-13,17-18H,5-7,10H2,1-4H3. The van der Waals surface area contributed by atoms with E-state index in [1.54, 1.807) is 14.2 Å². The minimum Gasteiger partial charge on any atom is -0.497 e. The molecule has 0 amide bonds. The van der Waals surface area contributed by atoms with Crippen LogP contribution in [0.15, 0.2) is 18.2 Å². The summed E-state index contributed by atoms with van der Waals surface area (Å²) in [5.74, 6) is 3.33. The van der Waals surface area contributed by atoms with E-state index in [4.69, 9.17) is 9.47 Å². The van der Waals surface area contributed by atoms with Gasteiger partial charge in [0.25, 0.3) is 0 Å². The Balaban J connectivity index is 2.29. The Bertz CT molecular complexity index is 433. The lowest BCUT2D eigenvalue weighted by Crippen LogP contribution is -2.29. The lowest BCUT2D eigenvalue weighted by Gasteiger charge is -2.34. The van der Waals surface area contributed by atoms with Gasteiger partial charge in [-0.15, -0.1) is 0 Å². The van der Waals surface area contributed by atoms with E-state index in [0.717, 1.165) is 17.4 Å². The van der Waals surface area contributed by atoms with Crippen LogP contribution in [0.3, 0.4) is 0 Å². The summed E-state index contributed by atoms with van der Waals surface area (Å²) in [6.45, 7) is 2.36. The summed E-state index contributed by atoms with van der Waals surface area (Å²) >= 11 is 0. The second-order valence-corrected chi connectivity index (χ2v) is 5.91. The molecule has 20 heavy (non-hydrogen) atoms. The van der Waals surface area contributed by atoms with Crippen LogP contribution >= 0.6 is 0 Å². The molecule has 0 aliphatic heterocycles. The molecule has 3 heteroatoms. The topological polar surface area (TPSA) is 30.5 Å². The van der Waals surface area contributed by atoms with Crippen molar-refractivity contribution in [1.82, 2.24) is 5.32 Å². The number of benzene rings is 1. The summed E-state index contributed by atoms with van der Waals surface area (Å²) in [6.07, 6.45) is 5.26. The summed E-state index contributed by atoms with van der Waals surface area (Å²) in [5, 5.41) is 3.50. The van der Waals surface area contributed by atoms with Crippen molar-refractivity contribution >= 4 is 0 Å². The second-order valence-electron chi connectivity index (χ2n) is 5.91. The monoisotopic (exact) mass is 277 g/mol. The van der Waals surface area contributed by atoms with Gasteiger partial charge in [0.2, 0.25) is 0 Å². The molecule has 0 radical (unpaired) electrons. The Labute approximate surface area is 122 Å². The van der Waals surface area contributed by atoms with E-state index < -0.39 is 0 Å². The van der Waals surface area contributed by atoms with Gasteiger partial charge in [0.15, 0.2) is 0 Å². The number of rotatable bonds is 5. The van der Waals surface area contributed by atoms with E-state index >= 15 is 0 Å². The van der Waals surface area contributed by atoms with Crippen molar-refractivity contribution in [3.8, 4) is 11.5 Å². The molecule has 0 spiro atoms. The molecule has 0 heterocycles. The highest BCUT2D eigenvalue weighted by molar-refractivity contribution is 5.42. The lowest BCUT2D eigenvalue weighted by molar-refractivity contribution is 0.226. The van der Waals surface area contributed by atoms with Crippen LogP contribution in [-0.2, 0) is 0 Å². The molecule has 0 aromatic heterocycles. The summed E-state index contributed by atoms with van der Waals surface area (Å²) < 4.78 is 10.9. The highest BCUT2D eigenvalue weighted by atomic mass is 16.5. The van der Waals surface area contributed by atoms with Crippen LogP contribution in [0.2, 0.25) is 0 Å². The van der Waals surface area contributed by atoms with Gasteiger partial charge < -0.3 is 14.8 Å². The lowest BCUT2D eigenvalue weighted by atomic mass is 9.76. The molecule has 1 aliphatic rings. The van der Waals surface area contributed by atoms with E-state index in [1.807, 2.05) is 19.2 Å². The summed E-state index contributed by atoms with van der Waals surface area (Å²) in [4.78, 5) is 0. The first-order chi connectivity index (χ1) is 9.69. The predicted molar refractivity (Wildman–Crippen MR) is 82.5 cm³/mol. The molecule has 0 saturated heterocycles. The average molecular weight is 277 g/mol. The molecule has 2 rings (SSSR count). The molecule has 1 fully saturated rings. The minimum absolute atomic E-state index is 0.336. The van der Waals surface area contributed by atoms with Crippen molar-refractivity contribution in [3.63, 3.8) is 0 Å². The molecule has 3 atom stereocenters. The maximum Gasteiger partial charge on any atom is 0.123 e. The highest BCUT2D eigenvalue weighted by Crippen LogP contribution is 2.40. The largest absolute Gasteiger partial charge is 0.497 e. The molecule has 1 aromatic rings. The molecule has 1 saturated carbocycles. The van der Waals surface area contributed by atoms with Gasteiger partial charge in [-0.05, 0) is 49.9 Å². The van der Waals surface area contributed by atoms with Crippen LogP contribution in [-0.4, -0.2) is 21.3 Å². The van der Waals surface area contributed by atoms with Gasteiger partial charge >= 0.3 is 0 Å². The van der Waals surface area contributed by atoms with Crippen LogP contribution in [0.5, 0.6) is 11.5 Å². The zero-order valence-electron chi connectivity index (χ0n) is 13.1. The highest BCUT2D eigenvalue weighted by Gasteiger charge is 2.28. The minimum atomic E-state index is 0.336. The first-order valence-corrected chi connectivity index (χ1v) is 7.58. The third-order valence-corrected chi connectivity index (χ3v) is 4.53. The second kappa shape index (κ2) is 6.98. The van der Waals surface area contributed by atoms with Crippen molar-refractivity contribution in [3.05, 3.63) is 23.8 Å². The molecular formula is C17H27NO2. The van der Waals surface area contributed by atoms with Crippen molar-refractivity contribution in [2.75, 3.05) is 21.3 Å². The Morgan fingerprint density at radius 2 is 2.00 bits per heavy atom. The van der Waals surface area contributed by atoms with Crippen LogP contribution in [0.1, 0.15) is 44.2 Å². The van der Waals surface area contributed by atoms with Gasteiger partial charge in [0.1, 0.15) is 11.5 Å². The third-order valence-electron chi connectivity index (χ3n) is 4.53. The molecule has 1 aliphatic carbocycles. The van der Waals surface area contributed by atoms with Crippen LogP contribution in [0, 0.1) is 11.8 Å². The number of ether oxygens (including phenoxy) is 2. The number of hydrogen-bond acceptors (Lipinski definition) is 3. The Morgan fingerprint density at radius 3 is 2.60 bits per heavy atom. The predicted octanol–water partition coefficient (Wildman–Crippen LogP) is 3.79. The molecular weight excluding hydrogens is 250 g/mol. The average Bonchev–Trinajstić information content (AvgIpc) is 2.48.